The Labute approximate surface area is 108 Å². The lowest BCUT2D eigenvalue weighted by molar-refractivity contribution is 0.0641. The zero-order chi connectivity index (χ0) is 13.0. The maximum Gasteiger partial charge on any atom is 0.161 e. The third-order valence-corrected chi connectivity index (χ3v) is 3.11. The Bertz CT molecular complexity index is 425. The molecule has 0 amide bonds. The van der Waals surface area contributed by atoms with Gasteiger partial charge in [0.05, 0.1) is 27.4 Å². The van der Waals surface area contributed by atoms with Crippen molar-refractivity contribution in [2.24, 2.45) is 0 Å². The highest BCUT2D eigenvalue weighted by Crippen LogP contribution is 2.31. The van der Waals surface area contributed by atoms with E-state index in [9.17, 15) is 0 Å². The molecule has 0 N–H and O–H groups in total. The van der Waals surface area contributed by atoms with Gasteiger partial charge in [-0.3, -0.25) is 0 Å². The molecule has 0 bridgehead atoms. The van der Waals surface area contributed by atoms with Crippen molar-refractivity contribution in [2.75, 3.05) is 40.5 Å². The molecule has 0 aliphatic carbocycles. The Balaban J connectivity index is 2.19. The maximum absolute atomic E-state index is 5.34. The first-order chi connectivity index (χ1) is 8.76. The molecule has 1 heterocycles. The van der Waals surface area contributed by atoms with E-state index in [1.165, 1.54) is 0 Å². The molecule has 1 fully saturated rings. The van der Waals surface area contributed by atoms with Gasteiger partial charge in [0.25, 0.3) is 0 Å². The molecule has 0 atom stereocenters. The molecule has 1 aliphatic rings. The fourth-order valence-corrected chi connectivity index (χ4v) is 2.03. The third kappa shape index (κ3) is 2.59. The molecular formula is C14H19NO3. The summed E-state index contributed by atoms with van der Waals surface area (Å²) in [6.07, 6.45) is 0. The molecule has 4 nitrogen and oxygen atoms in total. The Morgan fingerprint density at radius 3 is 2.44 bits per heavy atom. The van der Waals surface area contributed by atoms with E-state index in [1.54, 1.807) is 14.2 Å². The van der Waals surface area contributed by atoms with E-state index in [2.05, 4.69) is 11.5 Å². The Kier molecular flexibility index (Phi) is 4.10. The van der Waals surface area contributed by atoms with Gasteiger partial charge >= 0.3 is 0 Å². The van der Waals surface area contributed by atoms with Crippen LogP contribution in [0.5, 0.6) is 11.5 Å². The van der Waals surface area contributed by atoms with Gasteiger partial charge < -0.3 is 19.1 Å². The molecule has 0 unspecified atom stereocenters. The first-order valence-corrected chi connectivity index (χ1v) is 6.00. The lowest BCUT2D eigenvalue weighted by Crippen LogP contribution is -2.34. The van der Waals surface area contributed by atoms with Crippen LogP contribution in [-0.2, 0) is 4.74 Å². The molecule has 1 aromatic carbocycles. The molecule has 1 aliphatic heterocycles. The fraction of sp³-hybridized carbons (Fsp3) is 0.429. The van der Waals surface area contributed by atoms with Crippen LogP contribution in [0.1, 0.15) is 5.56 Å². The number of ether oxygens (including phenoxy) is 3. The van der Waals surface area contributed by atoms with Crippen molar-refractivity contribution in [2.45, 2.75) is 0 Å². The second-order valence-corrected chi connectivity index (χ2v) is 4.12. The van der Waals surface area contributed by atoms with E-state index in [-0.39, 0.29) is 0 Å². The van der Waals surface area contributed by atoms with E-state index >= 15 is 0 Å². The maximum atomic E-state index is 5.34. The summed E-state index contributed by atoms with van der Waals surface area (Å²) in [4.78, 5) is 2.23. The second kappa shape index (κ2) is 5.78. The van der Waals surface area contributed by atoms with Crippen LogP contribution in [0, 0.1) is 0 Å². The van der Waals surface area contributed by atoms with Crippen LogP contribution in [0.3, 0.4) is 0 Å². The summed E-state index contributed by atoms with van der Waals surface area (Å²) in [5.74, 6) is 1.46. The van der Waals surface area contributed by atoms with Crippen molar-refractivity contribution in [1.29, 1.82) is 0 Å². The second-order valence-electron chi connectivity index (χ2n) is 4.12. The molecule has 4 heteroatoms. The average molecular weight is 249 g/mol. The van der Waals surface area contributed by atoms with Crippen LogP contribution in [0.4, 0.5) is 0 Å². The van der Waals surface area contributed by atoms with Crippen molar-refractivity contribution < 1.29 is 14.2 Å². The molecule has 0 spiro atoms. The molecule has 2 rings (SSSR count). The van der Waals surface area contributed by atoms with Gasteiger partial charge in [-0.1, -0.05) is 6.58 Å². The molecule has 1 saturated heterocycles. The van der Waals surface area contributed by atoms with Crippen LogP contribution in [-0.4, -0.2) is 45.4 Å². The van der Waals surface area contributed by atoms with Crippen LogP contribution in [0.2, 0.25) is 0 Å². The van der Waals surface area contributed by atoms with Gasteiger partial charge in [0.1, 0.15) is 0 Å². The van der Waals surface area contributed by atoms with Crippen molar-refractivity contribution >= 4 is 5.70 Å². The normalized spacial score (nSPS) is 15.3. The van der Waals surface area contributed by atoms with E-state index in [0.29, 0.717) is 0 Å². The summed E-state index contributed by atoms with van der Waals surface area (Å²) in [6, 6.07) is 5.86. The lowest BCUT2D eigenvalue weighted by Gasteiger charge is -2.30. The van der Waals surface area contributed by atoms with E-state index in [0.717, 1.165) is 49.1 Å². The van der Waals surface area contributed by atoms with Gasteiger partial charge in [-0.05, 0) is 18.2 Å². The minimum Gasteiger partial charge on any atom is -0.493 e. The summed E-state index contributed by atoms with van der Waals surface area (Å²) in [6.45, 7) is 7.43. The molecule has 18 heavy (non-hydrogen) atoms. The minimum atomic E-state index is 0.726. The smallest absolute Gasteiger partial charge is 0.161 e. The summed E-state index contributed by atoms with van der Waals surface area (Å²) in [5.41, 5.74) is 2.05. The molecular weight excluding hydrogens is 230 g/mol. The van der Waals surface area contributed by atoms with E-state index < -0.39 is 0 Å². The quantitative estimate of drug-likeness (QED) is 0.816. The summed E-state index contributed by atoms with van der Waals surface area (Å²) >= 11 is 0. The monoisotopic (exact) mass is 249 g/mol. The molecule has 98 valence electrons. The van der Waals surface area contributed by atoms with Crippen molar-refractivity contribution in [1.82, 2.24) is 4.90 Å². The van der Waals surface area contributed by atoms with Crippen molar-refractivity contribution in [3.05, 3.63) is 30.3 Å². The van der Waals surface area contributed by atoms with Gasteiger partial charge in [-0.25, -0.2) is 0 Å². The van der Waals surface area contributed by atoms with Crippen molar-refractivity contribution in [3.8, 4) is 11.5 Å². The topological polar surface area (TPSA) is 30.9 Å². The number of benzene rings is 1. The summed E-state index contributed by atoms with van der Waals surface area (Å²) in [5, 5.41) is 0. The minimum absolute atomic E-state index is 0.726. The number of hydrogen-bond acceptors (Lipinski definition) is 4. The predicted molar refractivity (Wildman–Crippen MR) is 71.0 cm³/mol. The number of morpholine rings is 1. The Hall–Kier alpha value is -1.68. The lowest BCUT2D eigenvalue weighted by atomic mass is 10.1. The van der Waals surface area contributed by atoms with Crippen LogP contribution < -0.4 is 9.47 Å². The fourth-order valence-electron chi connectivity index (χ4n) is 2.03. The van der Waals surface area contributed by atoms with Gasteiger partial charge in [0.2, 0.25) is 0 Å². The van der Waals surface area contributed by atoms with Gasteiger partial charge in [-0.15, -0.1) is 0 Å². The largest absolute Gasteiger partial charge is 0.493 e. The molecule has 1 aromatic rings. The van der Waals surface area contributed by atoms with E-state index in [1.807, 2.05) is 18.2 Å². The third-order valence-electron chi connectivity index (χ3n) is 3.11. The first kappa shape index (κ1) is 12.8. The van der Waals surface area contributed by atoms with E-state index in [4.69, 9.17) is 14.2 Å². The number of hydrogen-bond donors (Lipinski definition) is 0. The van der Waals surface area contributed by atoms with Crippen LogP contribution in [0.15, 0.2) is 24.8 Å². The van der Waals surface area contributed by atoms with Gasteiger partial charge in [0.15, 0.2) is 11.5 Å². The van der Waals surface area contributed by atoms with Crippen molar-refractivity contribution in [3.63, 3.8) is 0 Å². The van der Waals surface area contributed by atoms with Crippen LogP contribution in [0.25, 0.3) is 5.70 Å². The number of rotatable bonds is 4. The van der Waals surface area contributed by atoms with Gasteiger partial charge in [0, 0.05) is 24.4 Å². The molecule has 0 aromatic heterocycles. The predicted octanol–water partition coefficient (Wildman–Crippen LogP) is 2.01. The summed E-state index contributed by atoms with van der Waals surface area (Å²) < 4.78 is 15.9. The zero-order valence-electron chi connectivity index (χ0n) is 10.9. The van der Waals surface area contributed by atoms with Gasteiger partial charge in [-0.2, -0.15) is 0 Å². The zero-order valence-corrected chi connectivity index (χ0v) is 10.9. The number of nitrogens with zero attached hydrogens (tertiary/aromatic N) is 1. The average Bonchev–Trinajstić information content (AvgIpc) is 2.46. The highest BCUT2D eigenvalue weighted by atomic mass is 16.5. The number of methoxy groups -OCH3 is 2. The summed E-state index contributed by atoms with van der Waals surface area (Å²) in [7, 11) is 3.27. The van der Waals surface area contributed by atoms with Crippen LogP contribution >= 0.6 is 0 Å². The Morgan fingerprint density at radius 1 is 1.17 bits per heavy atom. The first-order valence-electron chi connectivity index (χ1n) is 6.00. The molecule has 0 saturated carbocycles. The molecule has 0 radical (unpaired) electrons. The highest BCUT2D eigenvalue weighted by molar-refractivity contribution is 5.65. The standard InChI is InChI=1S/C14H19NO3/c1-11(15-6-8-18-9-7-15)12-4-5-13(16-2)14(10-12)17-3/h4-5,10H,1,6-9H2,2-3H3. The Morgan fingerprint density at radius 2 is 1.83 bits per heavy atom. The SMILES string of the molecule is C=C(c1ccc(OC)c(OC)c1)N1CCOCC1. The highest BCUT2D eigenvalue weighted by Gasteiger charge is 2.15.